The third kappa shape index (κ3) is 3.42. The maximum Gasteiger partial charge on any atom is 0.320 e. The summed E-state index contributed by atoms with van der Waals surface area (Å²) in [7, 11) is 0. The molecule has 106 valence electrons. The molecule has 0 radical (unpaired) electrons. The van der Waals surface area contributed by atoms with Crippen LogP contribution in [0.2, 0.25) is 0 Å². The number of carbonyl (C=O) groups is 1. The van der Waals surface area contributed by atoms with E-state index >= 15 is 0 Å². The van der Waals surface area contributed by atoms with E-state index in [2.05, 4.69) is 25.7 Å². The van der Waals surface area contributed by atoms with Crippen LogP contribution in [0, 0.1) is 0 Å². The normalized spacial score (nSPS) is 10.3. The van der Waals surface area contributed by atoms with Crippen LogP contribution in [0.3, 0.4) is 0 Å². The molecule has 0 aliphatic carbocycles. The van der Waals surface area contributed by atoms with Crippen molar-refractivity contribution in [2.75, 3.05) is 5.32 Å². The summed E-state index contributed by atoms with van der Waals surface area (Å²) in [6.07, 6.45) is 4.80. The quantitative estimate of drug-likeness (QED) is 0.772. The number of aromatic nitrogens is 4. The number of carbonyl (C=O) groups excluding carboxylic acids is 1. The average Bonchev–Trinajstić information content (AvgIpc) is 3.19. The predicted octanol–water partition coefficient (Wildman–Crippen LogP) is 2.05. The summed E-state index contributed by atoms with van der Waals surface area (Å²) in [4.78, 5) is 21.0. The Balaban J connectivity index is 1.62. The minimum atomic E-state index is -0.312. The molecule has 0 aliphatic heterocycles. The molecule has 0 saturated carbocycles. The molecule has 3 aromatic heterocycles. The second kappa shape index (κ2) is 6.14. The number of urea groups is 1. The molecule has 3 aromatic rings. The minimum absolute atomic E-state index is 0.312. The Bertz CT molecular complexity index is 710. The summed E-state index contributed by atoms with van der Waals surface area (Å²) in [5, 5.41) is 11.5. The highest BCUT2D eigenvalue weighted by Crippen LogP contribution is 2.09. The van der Waals surface area contributed by atoms with Crippen molar-refractivity contribution in [1.82, 2.24) is 25.1 Å². The van der Waals surface area contributed by atoms with E-state index in [9.17, 15) is 4.79 Å². The van der Waals surface area contributed by atoms with Crippen LogP contribution >= 0.6 is 11.3 Å². The molecular weight excluding hydrogens is 288 g/mol. The van der Waals surface area contributed by atoms with Crippen molar-refractivity contribution in [1.29, 1.82) is 0 Å². The molecule has 0 atom stereocenters. The molecule has 8 heteroatoms. The third-order valence-electron chi connectivity index (χ3n) is 2.64. The maximum absolute atomic E-state index is 11.8. The van der Waals surface area contributed by atoms with Crippen LogP contribution in [-0.4, -0.2) is 25.8 Å². The Morgan fingerprint density at radius 3 is 3.05 bits per heavy atom. The molecule has 3 heterocycles. The topological polar surface area (TPSA) is 84.7 Å². The number of nitrogens with zero attached hydrogens (tertiary/aromatic N) is 4. The van der Waals surface area contributed by atoms with Crippen molar-refractivity contribution >= 4 is 23.2 Å². The Hall–Kier alpha value is -2.74. The van der Waals surface area contributed by atoms with E-state index in [-0.39, 0.29) is 6.03 Å². The summed E-state index contributed by atoms with van der Waals surface area (Å²) in [6, 6.07) is 7.04. The van der Waals surface area contributed by atoms with Gasteiger partial charge in [-0.05, 0) is 17.5 Å². The van der Waals surface area contributed by atoms with Crippen LogP contribution in [0.25, 0.3) is 5.82 Å². The minimum Gasteiger partial charge on any atom is -0.333 e. The molecule has 2 N–H and O–H groups in total. The lowest BCUT2D eigenvalue weighted by atomic mass is 10.4. The van der Waals surface area contributed by atoms with Crippen LogP contribution < -0.4 is 10.6 Å². The summed E-state index contributed by atoms with van der Waals surface area (Å²) in [6.45, 7) is 0.487. The lowest BCUT2D eigenvalue weighted by Crippen LogP contribution is -2.28. The summed E-state index contributed by atoms with van der Waals surface area (Å²) < 4.78 is 1.59. The van der Waals surface area contributed by atoms with Crippen LogP contribution in [0.5, 0.6) is 0 Å². The highest BCUT2D eigenvalue weighted by Gasteiger charge is 2.05. The largest absolute Gasteiger partial charge is 0.333 e. The van der Waals surface area contributed by atoms with Gasteiger partial charge < -0.3 is 5.32 Å². The number of hydrogen-bond acceptors (Lipinski definition) is 5. The van der Waals surface area contributed by atoms with Crippen molar-refractivity contribution < 1.29 is 4.79 Å². The summed E-state index contributed by atoms with van der Waals surface area (Å²) >= 11 is 1.59. The van der Waals surface area contributed by atoms with Gasteiger partial charge in [0, 0.05) is 23.3 Å². The van der Waals surface area contributed by atoms with Gasteiger partial charge in [0.15, 0.2) is 5.82 Å². The number of thiophene rings is 1. The molecule has 2 amide bonds. The number of hydrogen-bond donors (Lipinski definition) is 2. The molecule has 0 saturated heterocycles. The van der Waals surface area contributed by atoms with Crippen LogP contribution in [0.4, 0.5) is 10.6 Å². The van der Waals surface area contributed by atoms with Crippen molar-refractivity contribution in [2.24, 2.45) is 0 Å². The molecule has 3 rings (SSSR count). The van der Waals surface area contributed by atoms with Gasteiger partial charge in [-0.25, -0.2) is 19.4 Å². The standard InChI is InChI=1S/C13H12N6OS/c20-13(14-8-10-3-1-6-21-10)18-11-7-12(16-9-15-11)19-5-2-4-17-19/h1-7,9H,8H2,(H2,14,15,16,18,20). The van der Waals surface area contributed by atoms with Gasteiger partial charge in [0.1, 0.15) is 12.1 Å². The first-order valence-electron chi connectivity index (χ1n) is 6.20. The zero-order valence-corrected chi connectivity index (χ0v) is 11.7. The first-order chi connectivity index (χ1) is 10.3. The van der Waals surface area contributed by atoms with E-state index in [0.717, 1.165) is 4.88 Å². The number of nitrogens with one attached hydrogen (secondary N) is 2. The first-order valence-corrected chi connectivity index (χ1v) is 7.08. The number of rotatable bonds is 4. The predicted molar refractivity (Wildman–Crippen MR) is 79.3 cm³/mol. The van der Waals surface area contributed by atoms with Gasteiger partial charge in [-0.1, -0.05) is 6.07 Å². The van der Waals surface area contributed by atoms with Crippen molar-refractivity contribution in [2.45, 2.75) is 6.54 Å². The highest BCUT2D eigenvalue weighted by molar-refractivity contribution is 7.09. The van der Waals surface area contributed by atoms with E-state index in [4.69, 9.17) is 0 Å². The molecule has 0 unspecified atom stereocenters. The zero-order chi connectivity index (χ0) is 14.5. The number of amides is 2. The van der Waals surface area contributed by atoms with Gasteiger partial charge in [0.25, 0.3) is 0 Å². The molecule has 21 heavy (non-hydrogen) atoms. The zero-order valence-electron chi connectivity index (χ0n) is 10.9. The average molecular weight is 300 g/mol. The van der Waals surface area contributed by atoms with Crippen LogP contribution in [0.1, 0.15) is 4.88 Å². The Kier molecular flexibility index (Phi) is 3.88. The summed E-state index contributed by atoms with van der Waals surface area (Å²) in [5.74, 6) is 1.00. The molecule has 0 aliphatic rings. The molecule has 0 fully saturated rings. The van der Waals surface area contributed by atoms with Crippen molar-refractivity contribution in [3.63, 3.8) is 0 Å². The van der Waals surface area contributed by atoms with Crippen molar-refractivity contribution in [3.05, 3.63) is 53.2 Å². The lowest BCUT2D eigenvalue weighted by molar-refractivity contribution is 0.251. The molecule has 0 aromatic carbocycles. The third-order valence-corrected chi connectivity index (χ3v) is 3.51. The van der Waals surface area contributed by atoms with Crippen molar-refractivity contribution in [3.8, 4) is 5.82 Å². The van der Waals surface area contributed by atoms with Gasteiger partial charge in [-0.15, -0.1) is 11.3 Å². The Labute approximate surface area is 124 Å². The SMILES string of the molecule is O=C(NCc1cccs1)Nc1cc(-n2cccn2)ncn1. The van der Waals surface area contributed by atoms with Crippen LogP contribution in [-0.2, 0) is 6.54 Å². The fourth-order valence-electron chi connectivity index (χ4n) is 1.69. The lowest BCUT2D eigenvalue weighted by Gasteiger charge is -2.07. The van der Waals surface area contributed by atoms with Gasteiger partial charge in [0.2, 0.25) is 0 Å². The molecule has 7 nitrogen and oxygen atoms in total. The maximum atomic E-state index is 11.8. The van der Waals surface area contributed by atoms with Crippen LogP contribution in [0.15, 0.2) is 48.4 Å². The fourth-order valence-corrected chi connectivity index (χ4v) is 2.33. The first kappa shape index (κ1) is 13.3. The summed E-state index contributed by atoms with van der Waals surface area (Å²) in [5.41, 5.74) is 0. The second-order valence-corrected chi connectivity index (χ2v) is 5.13. The highest BCUT2D eigenvalue weighted by atomic mass is 32.1. The van der Waals surface area contributed by atoms with E-state index < -0.39 is 0 Å². The van der Waals surface area contributed by atoms with E-state index in [1.54, 1.807) is 40.5 Å². The number of anilines is 1. The molecule has 0 spiro atoms. The Morgan fingerprint density at radius 1 is 1.33 bits per heavy atom. The van der Waals surface area contributed by atoms with E-state index in [0.29, 0.717) is 18.2 Å². The van der Waals surface area contributed by atoms with Gasteiger partial charge >= 0.3 is 6.03 Å². The van der Waals surface area contributed by atoms with Gasteiger partial charge in [0.05, 0.1) is 6.54 Å². The van der Waals surface area contributed by atoms with E-state index in [1.165, 1.54) is 6.33 Å². The monoisotopic (exact) mass is 300 g/mol. The van der Waals surface area contributed by atoms with Gasteiger partial charge in [-0.3, -0.25) is 5.32 Å². The smallest absolute Gasteiger partial charge is 0.320 e. The van der Waals surface area contributed by atoms with E-state index in [1.807, 2.05) is 17.5 Å². The Morgan fingerprint density at radius 2 is 2.29 bits per heavy atom. The molecular formula is C13H12N6OS. The fraction of sp³-hybridized carbons (Fsp3) is 0.0769. The molecule has 0 bridgehead atoms. The van der Waals surface area contributed by atoms with Gasteiger partial charge in [-0.2, -0.15) is 5.10 Å². The second-order valence-electron chi connectivity index (χ2n) is 4.10.